The Hall–Kier alpha value is -3.61. The Bertz CT molecular complexity index is 1360. The number of rotatable bonds is 10. The minimum atomic E-state index is -0.305. The summed E-state index contributed by atoms with van der Waals surface area (Å²) < 4.78 is 18.9. The maximum absolute atomic E-state index is 12.5. The Labute approximate surface area is 212 Å². The summed E-state index contributed by atoms with van der Waals surface area (Å²) in [4.78, 5) is 12.5. The highest BCUT2D eigenvalue weighted by Gasteiger charge is 2.15. The molecule has 0 aliphatic rings. The van der Waals surface area contributed by atoms with Gasteiger partial charge in [0.15, 0.2) is 0 Å². The number of esters is 1. The molecule has 4 aromatic rings. The third kappa shape index (κ3) is 5.96. The van der Waals surface area contributed by atoms with Gasteiger partial charge in [0, 0.05) is 43.4 Å². The van der Waals surface area contributed by atoms with E-state index >= 15 is 0 Å². The van der Waals surface area contributed by atoms with Gasteiger partial charge in [0.25, 0.3) is 0 Å². The van der Waals surface area contributed by atoms with Crippen LogP contribution in [0.15, 0.2) is 66.9 Å². The summed E-state index contributed by atoms with van der Waals surface area (Å²) in [6.45, 7) is 5.05. The minimum Gasteiger partial charge on any atom is -0.489 e. The van der Waals surface area contributed by atoms with Gasteiger partial charge in [-0.2, -0.15) is 0 Å². The van der Waals surface area contributed by atoms with Gasteiger partial charge in [0.05, 0.1) is 13.0 Å². The van der Waals surface area contributed by atoms with Crippen molar-refractivity contribution in [2.75, 3.05) is 13.7 Å². The first-order valence-electron chi connectivity index (χ1n) is 12.2. The summed E-state index contributed by atoms with van der Waals surface area (Å²) in [5.41, 5.74) is 13.3. The molecule has 1 unspecified atom stereocenters. The van der Waals surface area contributed by atoms with E-state index in [0.29, 0.717) is 25.5 Å². The lowest BCUT2D eigenvalue weighted by atomic mass is 9.97. The molecule has 36 heavy (non-hydrogen) atoms. The number of hydrogen-bond donors (Lipinski definition) is 1. The normalized spacial score (nSPS) is 12.0. The molecular formula is C30H34N2O4. The highest BCUT2D eigenvalue weighted by molar-refractivity contribution is 5.96. The molecule has 3 aromatic carbocycles. The standard InChI is InChI=1S/C30H34N2O4/c1-20-8-9-25(16-30(33)36-21(2)18-34-4)29(12-20)35-19-23-14-27(24-7-5-6-22(13-24)17-31)26-10-11-32(3)28(26)15-23/h5-15,21H,16-19,31H2,1-4H3. The van der Waals surface area contributed by atoms with E-state index in [-0.39, 0.29) is 18.5 Å². The Morgan fingerprint density at radius 3 is 2.67 bits per heavy atom. The molecule has 188 valence electrons. The van der Waals surface area contributed by atoms with Crippen molar-refractivity contribution >= 4 is 16.9 Å². The van der Waals surface area contributed by atoms with Crippen molar-refractivity contribution in [1.82, 2.24) is 4.57 Å². The number of nitrogens with zero attached hydrogens (tertiary/aromatic N) is 1. The first-order valence-corrected chi connectivity index (χ1v) is 12.2. The van der Waals surface area contributed by atoms with Crippen LogP contribution in [0.3, 0.4) is 0 Å². The van der Waals surface area contributed by atoms with E-state index in [0.717, 1.165) is 38.9 Å². The zero-order chi connectivity index (χ0) is 25.7. The van der Waals surface area contributed by atoms with Crippen LogP contribution in [-0.2, 0) is 40.9 Å². The molecule has 0 fully saturated rings. The molecule has 0 saturated carbocycles. The van der Waals surface area contributed by atoms with Crippen LogP contribution >= 0.6 is 0 Å². The second-order valence-corrected chi connectivity index (χ2v) is 9.24. The van der Waals surface area contributed by atoms with Gasteiger partial charge in [0.1, 0.15) is 18.5 Å². The van der Waals surface area contributed by atoms with Gasteiger partial charge in [-0.3, -0.25) is 4.79 Å². The molecule has 0 spiro atoms. The molecule has 1 aromatic heterocycles. The topological polar surface area (TPSA) is 75.7 Å². The van der Waals surface area contributed by atoms with Gasteiger partial charge in [0.2, 0.25) is 0 Å². The largest absolute Gasteiger partial charge is 0.489 e. The Morgan fingerprint density at radius 1 is 1.06 bits per heavy atom. The maximum Gasteiger partial charge on any atom is 0.310 e. The molecule has 4 rings (SSSR count). The first-order chi connectivity index (χ1) is 17.4. The predicted octanol–water partition coefficient (Wildman–Crippen LogP) is 5.31. The number of ether oxygens (including phenoxy) is 3. The number of carbonyl (C=O) groups is 1. The fraction of sp³-hybridized carbons (Fsp3) is 0.300. The van der Waals surface area contributed by atoms with Crippen molar-refractivity contribution in [2.24, 2.45) is 12.8 Å². The van der Waals surface area contributed by atoms with Gasteiger partial charge < -0.3 is 24.5 Å². The van der Waals surface area contributed by atoms with Gasteiger partial charge in [-0.05, 0) is 72.0 Å². The van der Waals surface area contributed by atoms with Gasteiger partial charge in [-0.25, -0.2) is 0 Å². The van der Waals surface area contributed by atoms with Crippen LogP contribution in [0.4, 0.5) is 0 Å². The van der Waals surface area contributed by atoms with Crippen molar-refractivity contribution in [2.45, 2.75) is 39.5 Å². The molecule has 1 atom stereocenters. The molecule has 0 bridgehead atoms. The summed E-state index contributed by atoms with van der Waals surface area (Å²) in [6, 6.07) is 20.7. The zero-order valence-corrected chi connectivity index (χ0v) is 21.4. The average Bonchev–Trinajstić information content (AvgIpc) is 3.24. The number of hydrogen-bond acceptors (Lipinski definition) is 5. The van der Waals surface area contributed by atoms with Crippen molar-refractivity contribution < 1.29 is 19.0 Å². The molecule has 0 saturated heterocycles. The average molecular weight is 487 g/mol. The lowest BCUT2D eigenvalue weighted by molar-refractivity contribution is -0.149. The molecule has 0 aliphatic carbocycles. The first kappa shape index (κ1) is 25.5. The molecule has 0 amide bonds. The maximum atomic E-state index is 12.5. The molecular weight excluding hydrogens is 452 g/mol. The highest BCUT2D eigenvalue weighted by atomic mass is 16.6. The molecule has 0 radical (unpaired) electrons. The number of carbonyl (C=O) groups excluding carboxylic acids is 1. The van der Waals surface area contributed by atoms with E-state index in [1.165, 1.54) is 5.39 Å². The number of aryl methyl sites for hydroxylation is 2. The molecule has 6 heteroatoms. The quantitative estimate of drug-likeness (QED) is 0.307. The van der Waals surface area contributed by atoms with E-state index in [1.807, 2.05) is 51.2 Å². The van der Waals surface area contributed by atoms with Crippen LogP contribution in [0.5, 0.6) is 5.75 Å². The van der Waals surface area contributed by atoms with Gasteiger partial charge in [-0.1, -0.05) is 30.3 Å². The highest BCUT2D eigenvalue weighted by Crippen LogP contribution is 2.32. The number of aromatic nitrogens is 1. The van der Waals surface area contributed by atoms with Crippen LogP contribution < -0.4 is 10.5 Å². The second-order valence-electron chi connectivity index (χ2n) is 9.24. The van der Waals surface area contributed by atoms with E-state index in [9.17, 15) is 4.79 Å². The second kappa shape index (κ2) is 11.4. The predicted molar refractivity (Wildman–Crippen MR) is 143 cm³/mol. The third-order valence-corrected chi connectivity index (χ3v) is 6.22. The summed E-state index contributed by atoms with van der Waals surface area (Å²) >= 11 is 0. The van der Waals surface area contributed by atoms with Gasteiger partial charge >= 0.3 is 5.97 Å². The molecule has 1 heterocycles. The van der Waals surface area contributed by atoms with E-state index < -0.39 is 0 Å². The number of nitrogens with two attached hydrogens (primary N) is 1. The van der Waals surface area contributed by atoms with Crippen LogP contribution in [-0.4, -0.2) is 30.4 Å². The van der Waals surface area contributed by atoms with Crippen LogP contribution in [0.25, 0.3) is 22.0 Å². The lowest BCUT2D eigenvalue weighted by Gasteiger charge is -2.16. The number of fused-ring (bicyclic) bond motifs is 1. The van der Waals surface area contributed by atoms with Crippen molar-refractivity contribution in [3.8, 4) is 16.9 Å². The Balaban J connectivity index is 1.60. The number of methoxy groups -OCH3 is 1. The smallest absolute Gasteiger partial charge is 0.310 e. The fourth-order valence-electron chi connectivity index (χ4n) is 4.41. The van der Waals surface area contributed by atoms with Crippen LogP contribution in [0.2, 0.25) is 0 Å². The molecule has 2 N–H and O–H groups in total. The Morgan fingerprint density at radius 2 is 1.89 bits per heavy atom. The van der Waals surface area contributed by atoms with Crippen molar-refractivity contribution in [3.63, 3.8) is 0 Å². The van der Waals surface area contributed by atoms with E-state index in [1.54, 1.807) is 7.11 Å². The minimum absolute atomic E-state index is 0.137. The van der Waals surface area contributed by atoms with Crippen molar-refractivity contribution in [1.29, 1.82) is 0 Å². The van der Waals surface area contributed by atoms with Crippen LogP contribution in [0, 0.1) is 6.92 Å². The lowest BCUT2D eigenvalue weighted by Crippen LogP contribution is -2.21. The summed E-state index contributed by atoms with van der Waals surface area (Å²) in [5.74, 6) is 0.380. The molecule has 6 nitrogen and oxygen atoms in total. The zero-order valence-electron chi connectivity index (χ0n) is 21.4. The summed E-state index contributed by atoms with van der Waals surface area (Å²) in [7, 11) is 3.63. The summed E-state index contributed by atoms with van der Waals surface area (Å²) in [6.07, 6.45) is 1.91. The SMILES string of the molecule is COCC(C)OC(=O)Cc1ccc(C)cc1OCc1cc(-c2cccc(CN)c2)c2ccn(C)c2c1. The molecule has 0 aliphatic heterocycles. The van der Waals surface area contributed by atoms with E-state index in [2.05, 4.69) is 41.1 Å². The Kier molecular flexibility index (Phi) is 8.08. The fourth-order valence-corrected chi connectivity index (χ4v) is 4.41. The monoisotopic (exact) mass is 486 g/mol. The van der Waals surface area contributed by atoms with Gasteiger partial charge in [-0.15, -0.1) is 0 Å². The summed E-state index contributed by atoms with van der Waals surface area (Å²) in [5, 5.41) is 1.18. The van der Waals surface area contributed by atoms with Crippen molar-refractivity contribution in [3.05, 3.63) is 89.1 Å². The van der Waals surface area contributed by atoms with Crippen LogP contribution in [0.1, 0.15) is 29.2 Å². The van der Waals surface area contributed by atoms with E-state index in [4.69, 9.17) is 19.9 Å². The number of benzene rings is 3. The third-order valence-electron chi connectivity index (χ3n) is 6.22.